The fourth-order valence-corrected chi connectivity index (χ4v) is 4.44. The van der Waals surface area contributed by atoms with Gasteiger partial charge in [0.05, 0.1) is 11.0 Å². The lowest BCUT2D eigenvalue weighted by atomic mass is 10.0. The third-order valence-electron chi connectivity index (χ3n) is 3.72. The van der Waals surface area contributed by atoms with E-state index in [1.54, 1.807) is 0 Å². The number of fused-ring (bicyclic) bond motifs is 4. The maximum Gasteiger partial charge on any atom is 0.0794 e. The van der Waals surface area contributed by atoms with Gasteiger partial charge >= 0.3 is 0 Å². The summed E-state index contributed by atoms with van der Waals surface area (Å²) in [6.07, 6.45) is 0. The Hall–Kier alpha value is -1.55. The molecule has 96 valence electrons. The Kier molecular flexibility index (Phi) is 2.91. The Morgan fingerprint density at radius 2 is 1.50 bits per heavy atom. The smallest absolute Gasteiger partial charge is 0.0794 e. The van der Waals surface area contributed by atoms with Crippen molar-refractivity contribution in [2.24, 2.45) is 0 Å². The quantitative estimate of drug-likeness (QED) is 0.283. The van der Waals surface area contributed by atoms with E-state index in [1.807, 2.05) is 0 Å². The molecular formula is C17H13NP2. The van der Waals surface area contributed by atoms with Gasteiger partial charge in [0.25, 0.3) is 0 Å². The second-order valence-corrected chi connectivity index (χ2v) is 6.49. The highest BCUT2D eigenvalue weighted by molar-refractivity contribution is 8.07. The molecule has 3 aromatic carbocycles. The maximum absolute atomic E-state index is 4.91. The third-order valence-corrected chi connectivity index (χ3v) is 5.41. The highest BCUT2D eigenvalue weighted by atomic mass is 32.0. The maximum atomic E-state index is 4.91. The zero-order chi connectivity index (χ0) is 13.5. The van der Waals surface area contributed by atoms with Crippen molar-refractivity contribution in [2.45, 2.75) is 0 Å². The highest BCUT2D eigenvalue weighted by Crippen LogP contribution is 2.32. The minimum Gasteiger partial charge on any atom is -0.247 e. The topological polar surface area (TPSA) is 12.9 Å². The van der Waals surface area contributed by atoms with E-state index in [0.717, 1.165) is 11.0 Å². The van der Waals surface area contributed by atoms with Crippen LogP contribution >= 0.6 is 17.2 Å². The van der Waals surface area contributed by atoms with Crippen molar-refractivity contribution in [2.75, 3.05) is 0 Å². The van der Waals surface area contributed by atoms with Gasteiger partial charge in [0.2, 0.25) is 0 Å². The van der Waals surface area contributed by atoms with Crippen LogP contribution in [0, 0.1) is 0 Å². The molecule has 0 spiro atoms. The predicted molar refractivity (Wildman–Crippen MR) is 94.4 cm³/mol. The first kappa shape index (κ1) is 12.2. The summed E-state index contributed by atoms with van der Waals surface area (Å²) in [5, 5.41) is 6.42. The largest absolute Gasteiger partial charge is 0.247 e. The van der Waals surface area contributed by atoms with E-state index < -0.39 is 0 Å². The molecule has 0 bridgehead atoms. The molecule has 2 atom stereocenters. The van der Waals surface area contributed by atoms with Crippen molar-refractivity contribution < 1.29 is 0 Å². The van der Waals surface area contributed by atoms with Crippen molar-refractivity contribution >= 4 is 55.1 Å². The van der Waals surface area contributed by atoms with Crippen LogP contribution in [0.2, 0.25) is 0 Å². The summed E-state index contributed by atoms with van der Waals surface area (Å²) in [6.45, 7) is 0. The summed E-state index contributed by atoms with van der Waals surface area (Å²) >= 11 is 0. The SMILES string of the molecule is PPc1c2ccccc2nc2c1ccc1ccccc12. The van der Waals surface area contributed by atoms with Gasteiger partial charge in [-0.1, -0.05) is 62.9 Å². The average molecular weight is 293 g/mol. The summed E-state index contributed by atoms with van der Waals surface area (Å²) in [5.74, 6) is 0. The third kappa shape index (κ3) is 1.74. The van der Waals surface area contributed by atoms with E-state index in [4.69, 9.17) is 4.98 Å². The summed E-state index contributed by atoms with van der Waals surface area (Å²) in [7, 11) is 3.56. The Morgan fingerprint density at radius 1 is 0.750 bits per heavy atom. The zero-order valence-corrected chi connectivity index (χ0v) is 13.0. The van der Waals surface area contributed by atoms with Crippen molar-refractivity contribution in [3.63, 3.8) is 0 Å². The fraction of sp³-hybridized carbons (Fsp3) is 0. The molecule has 1 nitrogen and oxygen atoms in total. The lowest BCUT2D eigenvalue weighted by Gasteiger charge is -2.10. The molecule has 1 aromatic heterocycles. The Bertz CT molecular complexity index is 947. The summed E-state index contributed by atoms with van der Waals surface area (Å²) in [5.41, 5.74) is 2.20. The van der Waals surface area contributed by atoms with Crippen molar-refractivity contribution in [3.05, 3.63) is 60.7 Å². The van der Waals surface area contributed by atoms with Crippen LogP contribution < -0.4 is 5.30 Å². The lowest BCUT2D eigenvalue weighted by Crippen LogP contribution is -2.00. The molecule has 0 saturated heterocycles. The van der Waals surface area contributed by atoms with Gasteiger partial charge in [0.1, 0.15) is 0 Å². The number of nitrogens with zero attached hydrogens (tertiary/aromatic N) is 1. The molecule has 4 aromatic rings. The summed E-state index contributed by atoms with van der Waals surface area (Å²) in [4.78, 5) is 4.91. The van der Waals surface area contributed by atoms with Crippen LogP contribution in [0.1, 0.15) is 0 Å². The number of rotatable bonds is 1. The van der Waals surface area contributed by atoms with Gasteiger partial charge in [0.15, 0.2) is 0 Å². The van der Waals surface area contributed by atoms with Crippen molar-refractivity contribution in [3.8, 4) is 0 Å². The molecule has 3 heteroatoms. The Balaban J connectivity index is 2.30. The van der Waals surface area contributed by atoms with E-state index in [0.29, 0.717) is 8.27 Å². The second kappa shape index (κ2) is 4.77. The predicted octanol–water partition coefficient (Wildman–Crippen LogP) is 4.64. The molecule has 0 fully saturated rings. The molecule has 0 aliphatic carbocycles. The zero-order valence-electron chi connectivity index (χ0n) is 10.8. The van der Waals surface area contributed by atoms with Crippen LogP contribution in [0.4, 0.5) is 0 Å². The van der Waals surface area contributed by atoms with E-state index in [2.05, 4.69) is 69.6 Å². The first-order valence-electron chi connectivity index (χ1n) is 6.55. The van der Waals surface area contributed by atoms with Gasteiger partial charge in [0, 0.05) is 16.2 Å². The first-order valence-corrected chi connectivity index (χ1v) is 9.36. The molecular weight excluding hydrogens is 280 g/mol. The molecule has 0 radical (unpaired) electrons. The van der Waals surface area contributed by atoms with Gasteiger partial charge < -0.3 is 0 Å². The average Bonchev–Trinajstić information content (AvgIpc) is 2.52. The molecule has 0 saturated carbocycles. The highest BCUT2D eigenvalue weighted by Gasteiger charge is 2.09. The van der Waals surface area contributed by atoms with Crippen LogP contribution in [0.25, 0.3) is 32.6 Å². The minimum absolute atomic E-state index is 0.685. The molecule has 0 aliphatic heterocycles. The standard InChI is InChI=1S/C17H13NP2/c19-20-17-13-7-3-4-8-15(13)18-16-12-6-2-1-5-11(12)9-10-14(16)17/h1-10,20H,19H2. The molecule has 4 rings (SSSR count). The number of pyridine rings is 1. The minimum atomic E-state index is 0.685. The second-order valence-electron chi connectivity index (χ2n) is 4.83. The lowest BCUT2D eigenvalue weighted by molar-refractivity contribution is 1.52. The van der Waals surface area contributed by atoms with Gasteiger partial charge in [-0.05, 0) is 16.8 Å². The molecule has 0 amide bonds. The van der Waals surface area contributed by atoms with Crippen LogP contribution in [-0.4, -0.2) is 4.98 Å². The first-order chi connectivity index (χ1) is 9.88. The van der Waals surface area contributed by atoms with Gasteiger partial charge in [-0.2, -0.15) is 0 Å². The van der Waals surface area contributed by atoms with E-state index in [1.165, 1.54) is 26.8 Å². The van der Waals surface area contributed by atoms with Gasteiger partial charge in [-0.3, -0.25) is 0 Å². The Labute approximate surface area is 121 Å². The molecule has 0 aliphatic rings. The van der Waals surface area contributed by atoms with Gasteiger partial charge in [-0.15, -0.1) is 8.93 Å². The molecule has 20 heavy (non-hydrogen) atoms. The van der Waals surface area contributed by atoms with E-state index >= 15 is 0 Å². The monoisotopic (exact) mass is 293 g/mol. The van der Waals surface area contributed by atoms with E-state index in [9.17, 15) is 0 Å². The molecule has 0 N–H and O–H groups in total. The van der Waals surface area contributed by atoms with Crippen molar-refractivity contribution in [1.82, 2.24) is 4.98 Å². The van der Waals surface area contributed by atoms with Crippen LogP contribution in [0.5, 0.6) is 0 Å². The normalized spacial score (nSPS) is 12.1. The number of para-hydroxylation sites is 1. The molecule has 1 heterocycles. The van der Waals surface area contributed by atoms with Crippen LogP contribution in [0.3, 0.4) is 0 Å². The van der Waals surface area contributed by atoms with Gasteiger partial charge in [-0.25, -0.2) is 4.98 Å². The Morgan fingerprint density at radius 3 is 2.35 bits per heavy atom. The number of benzene rings is 3. The van der Waals surface area contributed by atoms with E-state index in [-0.39, 0.29) is 0 Å². The van der Waals surface area contributed by atoms with Crippen LogP contribution in [-0.2, 0) is 0 Å². The number of aromatic nitrogens is 1. The van der Waals surface area contributed by atoms with Crippen molar-refractivity contribution in [1.29, 1.82) is 0 Å². The number of hydrogen-bond acceptors (Lipinski definition) is 1. The summed E-state index contributed by atoms with van der Waals surface area (Å²) < 4.78 is 0. The number of hydrogen-bond donors (Lipinski definition) is 0. The van der Waals surface area contributed by atoms with Crippen LogP contribution in [0.15, 0.2) is 60.7 Å². The fourth-order valence-electron chi connectivity index (χ4n) is 2.78. The molecule has 2 unspecified atom stereocenters. The summed E-state index contributed by atoms with van der Waals surface area (Å²) in [6, 6.07) is 21.3.